The number of nitrogens with one attached hydrogen (secondary N) is 2. The summed E-state index contributed by atoms with van der Waals surface area (Å²) in [4.78, 5) is 19.8. The average molecular weight is 398 g/mol. The standard InChI is InChI=1S/C15H20N6.C2HF3O2/c1-5-16-15(17-6-1)18-8-13-12-4-7-21(9-11-2-3-11)10-14(12)20-19-13;3-2(4,5)1(6)7/h1,5-6,11H,2-4,7-10H2,(H,19,20)(H,16,17,18);(H,6,7). The third-order valence-corrected chi connectivity index (χ3v) is 4.53. The molecule has 8 nitrogen and oxygen atoms in total. The summed E-state index contributed by atoms with van der Waals surface area (Å²) in [6.07, 6.45) is 2.32. The third kappa shape index (κ3) is 5.65. The molecule has 28 heavy (non-hydrogen) atoms. The van der Waals surface area contributed by atoms with Crippen LogP contribution in [0, 0.1) is 5.92 Å². The first kappa shape index (κ1) is 20.1. The van der Waals surface area contributed by atoms with Gasteiger partial charge in [0.15, 0.2) is 0 Å². The van der Waals surface area contributed by atoms with Crippen molar-refractivity contribution in [3.05, 3.63) is 35.4 Å². The number of carboxylic acids is 1. The van der Waals surface area contributed by atoms with Gasteiger partial charge in [-0.2, -0.15) is 18.3 Å². The van der Waals surface area contributed by atoms with Crippen LogP contribution in [0.15, 0.2) is 18.5 Å². The highest BCUT2D eigenvalue weighted by Crippen LogP contribution is 2.31. The Morgan fingerprint density at radius 1 is 1.32 bits per heavy atom. The predicted octanol–water partition coefficient (Wildman–Crippen LogP) is 2.21. The first-order valence-corrected chi connectivity index (χ1v) is 8.91. The molecule has 0 bridgehead atoms. The number of halogens is 3. The van der Waals surface area contributed by atoms with Crippen LogP contribution in [0.4, 0.5) is 19.1 Å². The number of fused-ring (bicyclic) bond motifs is 1. The number of aromatic amines is 1. The van der Waals surface area contributed by atoms with E-state index in [2.05, 4.69) is 30.4 Å². The highest BCUT2D eigenvalue weighted by atomic mass is 19.4. The van der Waals surface area contributed by atoms with Crippen molar-refractivity contribution in [3.8, 4) is 0 Å². The molecule has 4 rings (SSSR count). The van der Waals surface area contributed by atoms with E-state index in [1.807, 2.05) is 6.07 Å². The zero-order valence-corrected chi connectivity index (χ0v) is 15.0. The van der Waals surface area contributed by atoms with Gasteiger partial charge in [-0.15, -0.1) is 0 Å². The number of hydrogen-bond acceptors (Lipinski definition) is 6. The van der Waals surface area contributed by atoms with Gasteiger partial charge >= 0.3 is 12.1 Å². The number of alkyl halides is 3. The minimum absolute atomic E-state index is 0.653. The van der Waals surface area contributed by atoms with Crippen molar-refractivity contribution in [1.82, 2.24) is 25.1 Å². The van der Waals surface area contributed by atoms with Crippen LogP contribution >= 0.6 is 0 Å². The van der Waals surface area contributed by atoms with Crippen molar-refractivity contribution < 1.29 is 23.1 Å². The van der Waals surface area contributed by atoms with E-state index in [0.717, 1.165) is 31.1 Å². The molecule has 1 saturated carbocycles. The van der Waals surface area contributed by atoms with Gasteiger partial charge in [-0.1, -0.05) is 0 Å². The zero-order chi connectivity index (χ0) is 20.1. The molecule has 0 unspecified atom stereocenters. The predicted molar refractivity (Wildman–Crippen MR) is 93.3 cm³/mol. The van der Waals surface area contributed by atoms with Gasteiger partial charge in [0.2, 0.25) is 5.95 Å². The molecular weight excluding hydrogens is 377 g/mol. The number of carbonyl (C=O) groups is 1. The quantitative estimate of drug-likeness (QED) is 0.709. The minimum Gasteiger partial charge on any atom is -0.475 e. The van der Waals surface area contributed by atoms with Crippen LogP contribution in [0.5, 0.6) is 0 Å². The number of rotatable bonds is 5. The number of anilines is 1. The molecule has 1 fully saturated rings. The van der Waals surface area contributed by atoms with Crippen LogP contribution in [-0.2, 0) is 24.3 Å². The Morgan fingerprint density at radius 2 is 2.00 bits per heavy atom. The van der Waals surface area contributed by atoms with Crippen molar-refractivity contribution in [2.75, 3.05) is 18.4 Å². The summed E-state index contributed by atoms with van der Waals surface area (Å²) in [6.45, 7) is 4.10. The highest BCUT2D eigenvalue weighted by molar-refractivity contribution is 5.73. The maximum atomic E-state index is 10.6. The maximum Gasteiger partial charge on any atom is 0.490 e. The summed E-state index contributed by atoms with van der Waals surface area (Å²) in [5.74, 6) is -1.15. The van der Waals surface area contributed by atoms with Gasteiger partial charge in [0.05, 0.1) is 17.9 Å². The van der Waals surface area contributed by atoms with Gasteiger partial charge in [0.25, 0.3) is 0 Å². The average Bonchev–Trinajstić information content (AvgIpc) is 3.38. The second-order valence-electron chi connectivity index (χ2n) is 6.78. The lowest BCUT2D eigenvalue weighted by molar-refractivity contribution is -0.192. The molecule has 2 aliphatic rings. The summed E-state index contributed by atoms with van der Waals surface area (Å²) in [7, 11) is 0. The zero-order valence-electron chi connectivity index (χ0n) is 15.0. The van der Waals surface area contributed by atoms with Gasteiger partial charge in [-0.25, -0.2) is 14.8 Å². The van der Waals surface area contributed by atoms with E-state index < -0.39 is 12.1 Å². The van der Waals surface area contributed by atoms with E-state index in [1.165, 1.54) is 30.6 Å². The molecule has 1 aliphatic heterocycles. The van der Waals surface area contributed by atoms with E-state index in [4.69, 9.17) is 9.90 Å². The molecule has 0 spiro atoms. The topological polar surface area (TPSA) is 107 Å². The fraction of sp³-hybridized carbons (Fsp3) is 0.529. The largest absolute Gasteiger partial charge is 0.490 e. The van der Waals surface area contributed by atoms with Crippen molar-refractivity contribution >= 4 is 11.9 Å². The number of carboxylic acid groups (broad SMARTS) is 1. The van der Waals surface area contributed by atoms with Crippen molar-refractivity contribution in [3.63, 3.8) is 0 Å². The van der Waals surface area contributed by atoms with Gasteiger partial charge < -0.3 is 10.4 Å². The molecule has 2 aromatic rings. The van der Waals surface area contributed by atoms with E-state index in [0.29, 0.717) is 12.5 Å². The van der Waals surface area contributed by atoms with E-state index in [1.54, 1.807) is 12.4 Å². The molecule has 0 aromatic carbocycles. The molecule has 3 N–H and O–H groups in total. The number of H-pyrrole nitrogens is 1. The van der Waals surface area contributed by atoms with E-state index in [-0.39, 0.29) is 0 Å². The summed E-state index contributed by atoms with van der Waals surface area (Å²) >= 11 is 0. The Balaban J connectivity index is 0.000000279. The number of nitrogens with zero attached hydrogens (tertiary/aromatic N) is 4. The SMILES string of the molecule is O=C(O)C(F)(F)F.c1cnc(NCc2n[nH]c3c2CCN(CC2CC2)C3)nc1. The number of hydrogen-bond donors (Lipinski definition) is 3. The second-order valence-corrected chi connectivity index (χ2v) is 6.78. The van der Waals surface area contributed by atoms with Crippen molar-refractivity contribution in [1.29, 1.82) is 0 Å². The Morgan fingerprint density at radius 3 is 2.61 bits per heavy atom. The van der Waals surface area contributed by atoms with Gasteiger partial charge in [0.1, 0.15) is 0 Å². The van der Waals surface area contributed by atoms with Gasteiger partial charge in [-0.3, -0.25) is 10.00 Å². The van der Waals surface area contributed by atoms with Crippen molar-refractivity contribution in [2.24, 2.45) is 5.92 Å². The number of aromatic nitrogens is 4. The first-order valence-electron chi connectivity index (χ1n) is 8.91. The van der Waals surface area contributed by atoms with Crippen LogP contribution in [0.1, 0.15) is 29.8 Å². The monoisotopic (exact) mass is 398 g/mol. The minimum atomic E-state index is -5.08. The summed E-state index contributed by atoms with van der Waals surface area (Å²) < 4.78 is 31.7. The van der Waals surface area contributed by atoms with Gasteiger partial charge in [0, 0.05) is 37.6 Å². The van der Waals surface area contributed by atoms with E-state index >= 15 is 0 Å². The Hall–Kier alpha value is -2.69. The van der Waals surface area contributed by atoms with E-state index in [9.17, 15) is 13.2 Å². The molecule has 0 amide bonds. The molecule has 0 radical (unpaired) electrons. The third-order valence-electron chi connectivity index (χ3n) is 4.53. The van der Waals surface area contributed by atoms with Crippen molar-refractivity contribution in [2.45, 2.75) is 38.5 Å². The second kappa shape index (κ2) is 8.55. The van der Waals surface area contributed by atoms with Crippen LogP contribution in [0.3, 0.4) is 0 Å². The van der Waals surface area contributed by atoms with Gasteiger partial charge in [-0.05, 0) is 31.2 Å². The molecular formula is C17H21F3N6O2. The summed E-state index contributed by atoms with van der Waals surface area (Å²) in [6, 6.07) is 1.82. The fourth-order valence-electron chi connectivity index (χ4n) is 2.96. The highest BCUT2D eigenvalue weighted by Gasteiger charge is 2.38. The normalized spacial score (nSPS) is 16.7. The molecule has 11 heteroatoms. The summed E-state index contributed by atoms with van der Waals surface area (Å²) in [5.41, 5.74) is 3.77. The molecule has 0 atom stereocenters. The lowest BCUT2D eigenvalue weighted by Gasteiger charge is -2.26. The van der Waals surface area contributed by atoms with Crippen LogP contribution in [0.25, 0.3) is 0 Å². The Labute approximate surface area is 159 Å². The Kier molecular flexibility index (Phi) is 6.12. The lowest BCUT2D eigenvalue weighted by Crippen LogP contribution is -2.32. The maximum absolute atomic E-state index is 10.6. The lowest BCUT2D eigenvalue weighted by atomic mass is 10.0. The smallest absolute Gasteiger partial charge is 0.475 e. The molecule has 152 valence electrons. The molecule has 2 aromatic heterocycles. The molecule has 0 saturated heterocycles. The van der Waals surface area contributed by atoms with Crippen LogP contribution in [-0.4, -0.2) is 55.4 Å². The van der Waals surface area contributed by atoms with Crippen LogP contribution in [0.2, 0.25) is 0 Å². The summed E-state index contributed by atoms with van der Waals surface area (Å²) in [5, 5.41) is 18.0. The number of aliphatic carboxylic acids is 1. The fourth-order valence-corrected chi connectivity index (χ4v) is 2.96. The molecule has 3 heterocycles. The van der Waals surface area contributed by atoms with Crippen LogP contribution < -0.4 is 5.32 Å². The first-order chi connectivity index (χ1) is 13.3. The Bertz CT molecular complexity index is 792. The molecule has 1 aliphatic carbocycles.